The number of hydrogen-bond acceptors (Lipinski definition) is 2. The first kappa shape index (κ1) is 13.5. The quantitative estimate of drug-likeness (QED) is 0.594. The van der Waals surface area contributed by atoms with Crippen molar-refractivity contribution in [1.82, 2.24) is 0 Å². The maximum absolute atomic E-state index is 13.3. The molecule has 5 heteroatoms. The highest BCUT2D eigenvalue weighted by Gasteiger charge is 2.26. The van der Waals surface area contributed by atoms with Gasteiger partial charge in [-0.15, -0.1) is 0 Å². The van der Waals surface area contributed by atoms with E-state index in [9.17, 15) is 8.94 Å². The molecule has 0 saturated heterocycles. The van der Waals surface area contributed by atoms with Gasteiger partial charge >= 0.3 is 0 Å². The van der Waals surface area contributed by atoms with E-state index >= 15 is 0 Å². The Morgan fingerprint density at radius 3 is 2.56 bits per heavy atom. The Morgan fingerprint density at radius 2 is 2.06 bits per heavy atom. The van der Waals surface area contributed by atoms with Gasteiger partial charge in [-0.25, -0.2) is 4.39 Å². The van der Waals surface area contributed by atoms with Crippen LogP contribution in [0.25, 0.3) is 0 Å². The molecule has 1 atom stereocenters. The van der Waals surface area contributed by atoms with Gasteiger partial charge in [-0.05, 0) is 32.9 Å². The molecule has 0 bridgehead atoms. The Hall–Kier alpha value is -0.580. The molecule has 0 aliphatic carbocycles. The zero-order valence-corrected chi connectivity index (χ0v) is 10.9. The third kappa shape index (κ3) is 3.47. The first-order valence-corrected chi connectivity index (χ1v) is 6.21. The standard InChI is InChI=1S/C11H13ClFNOS/c1-11(2,3)16(15)14-7-8-9(12)5-4-6-10(8)13/h4-7H,1-3H3. The van der Waals surface area contributed by atoms with Crippen molar-refractivity contribution in [2.24, 2.45) is 4.40 Å². The first-order valence-electron chi connectivity index (χ1n) is 4.72. The predicted molar refractivity (Wildman–Crippen MR) is 66.9 cm³/mol. The maximum atomic E-state index is 13.3. The third-order valence-corrected chi connectivity index (χ3v) is 3.48. The number of halogens is 2. The molecule has 0 fully saturated rings. The van der Waals surface area contributed by atoms with Crippen LogP contribution in [0.1, 0.15) is 26.3 Å². The topological polar surface area (TPSA) is 35.4 Å². The van der Waals surface area contributed by atoms with Crippen molar-refractivity contribution >= 4 is 29.2 Å². The Labute approximate surface area is 103 Å². The van der Waals surface area contributed by atoms with Crippen LogP contribution in [-0.2, 0) is 11.4 Å². The minimum Gasteiger partial charge on any atom is -0.591 e. The molecule has 0 aliphatic rings. The Kier molecular flexibility index (Phi) is 4.35. The van der Waals surface area contributed by atoms with Crippen LogP contribution in [0.2, 0.25) is 5.02 Å². The summed E-state index contributed by atoms with van der Waals surface area (Å²) in [6, 6.07) is 4.36. The molecule has 1 rings (SSSR count). The van der Waals surface area contributed by atoms with Crippen LogP contribution < -0.4 is 0 Å². The van der Waals surface area contributed by atoms with Gasteiger partial charge in [-0.3, -0.25) is 0 Å². The largest absolute Gasteiger partial charge is 0.591 e. The van der Waals surface area contributed by atoms with Crippen LogP contribution in [0.3, 0.4) is 0 Å². The van der Waals surface area contributed by atoms with Gasteiger partial charge in [-0.2, -0.15) is 0 Å². The summed E-state index contributed by atoms with van der Waals surface area (Å²) in [5.74, 6) is -0.470. The van der Waals surface area contributed by atoms with E-state index in [1.165, 1.54) is 18.3 Å². The molecule has 1 aromatic rings. The molecular formula is C11H13ClFNOS. The second-order valence-corrected chi connectivity index (χ2v) is 6.57. The van der Waals surface area contributed by atoms with Crippen LogP contribution >= 0.6 is 11.6 Å². The first-order chi connectivity index (χ1) is 7.32. The lowest BCUT2D eigenvalue weighted by molar-refractivity contribution is 0.561. The summed E-state index contributed by atoms with van der Waals surface area (Å²) in [4.78, 5) is 0. The average Bonchev–Trinajstić information content (AvgIpc) is 2.15. The monoisotopic (exact) mass is 261 g/mol. The second kappa shape index (κ2) is 5.17. The van der Waals surface area contributed by atoms with Crippen molar-refractivity contribution in [2.75, 3.05) is 0 Å². The fraction of sp³-hybridized carbons (Fsp3) is 0.364. The van der Waals surface area contributed by atoms with Gasteiger partial charge in [0.25, 0.3) is 0 Å². The van der Waals surface area contributed by atoms with Crippen LogP contribution in [0, 0.1) is 5.82 Å². The summed E-state index contributed by atoms with van der Waals surface area (Å²) >= 11 is 4.39. The summed E-state index contributed by atoms with van der Waals surface area (Å²) in [6.45, 7) is 5.39. The van der Waals surface area contributed by atoms with Gasteiger partial charge in [0, 0.05) is 0 Å². The van der Waals surface area contributed by atoms with Crippen molar-refractivity contribution in [3.63, 3.8) is 0 Å². The van der Waals surface area contributed by atoms with Gasteiger partial charge in [0.05, 0.1) is 16.8 Å². The highest BCUT2D eigenvalue weighted by molar-refractivity contribution is 7.91. The fourth-order valence-electron chi connectivity index (χ4n) is 0.893. The summed E-state index contributed by atoms with van der Waals surface area (Å²) in [7, 11) is 0. The predicted octanol–water partition coefficient (Wildman–Crippen LogP) is 3.36. The second-order valence-electron chi connectivity index (χ2n) is 4.23. The van der Waals surface area contributed by atoms with E-state index in [2.05, 4.69) is 4.40 Å². The zero-order chi connectivity index (χ0) is 12.3. The van der Waals surface area contributed by atoms with Gasteiger partial charge < -0.3 is 4.55 Å². The number of hydrogen-bond donors (Lipinski definition) is 0. The van der Waals surface area contributed by atoms with E-state index in [0.29, 0.717) is 0 Å². The molecule has 0 N–H and O–H groups in total. The summed E-state index contributed by atoms with van der Waals surface area (Å²) in [6.07, 6.45) is 1.22. The van der Waals surface area contributed by atoms with E-state index < -0.39 is 21.9 Å². The minimum atomic E-state index is -1.41. The highest BCUT2D eigenvalue weighted by atomic mass is 35.5. The molecule has 1 aromatic carbocycles. The molecule has 0 aromatic heterocycles. The average molecular weight is 262 g/mol. The van der Waals surface area contributed by atoms with Crippen LogP contribution in [0.5, 0.6) is 0 Å². The molecule has 0 aliphatic heterocycles. The van der Waals surface area contributed by atoms with Crippen molar-refractivity contribution in [3.8, 4) is 0 Å². The van der Waals surface area contributed by atoms with E-state index in [1.807, 2.05) is 0 Å². The lowest BCUT2D eigenvalue weighted by Crippen LogP contribution is -2.25. The molecule has 1 unspecified atom stereocenters. The summed E-state index contributed by atoms with van der Waals surface area (Å²) in [5, 5.41) is 0.259. The smallest absolute Gasteiger partial charge is 0.144 e. The fourth-order valence-corrected chi connectivity index (χ4v) is 1.62. The SMILES string of the molecule is CC(C)(C)[S+]([O-])N=Cc1c(F)cccc1Cl. The van der Waals surface area contributed by atoms with Gasteiger partial charge in [0.2, 0.25) is 0 Å². The molecule has 0 radical (unpaired) electrons. The van der Waals surface area contributed by atoms with E-state index in [-0.39, 0.29) is 10.6 Å². The molecule has 88 valence electrons. The molecule has 0 heterocycles. The lowest BCUT2D eigenvalue weighted by Gasteiger charge is -2.17. The Morgan fingerprint density at radius 1 is 1.44 bits per heavy atom. The van der Waals surface area contributed by atoms with E-state index in [1.54, 1.807) is 26.8 Å². The van der Waals surface area contributed by atoms with Crippen molar-refractivity contribution in [2.45, 2.75) is 25.5 Å². The number of rotatable bonds is 2. The number of nitrogens with zero attached hydrogens (tertiary/aromatic N) is 1. The van der Waals surface area contributed by atoms with Gasteiger partial charge in [-0.1, -0.05) is 22.1 Å². The zero-order valence-electron chi connectivity index (χ0n) is 9.33. The number of benzene rings is 1. The summed E-state index contributed by atoms with van der Waals surface area (Å²) < 4.78 is 28.3. The maximum Gasteiger partial charge on any atom is 0.144 e. The van der Waals surface area contributed by atoms with Crippen molar-refractivity contribution in [1.29, 1.82) is 0 Å². The normalized spacial score (nSPS) is 14.4. The van der Waals surface area contributed by atoms with E-state index in [0.717, 1.165) is 0 Å². The Balaban J connectivity index is 2.93. The van der Waals surface area contributed by atoms with Crippen molar-refractivity contribution in [3.05, 3.63) is 34.6 Å². The molecule has 16 heavy (non-hydrogen) atoms. The van der Waals surface area contributed by atoms with Crippen molar-refractivity contribution < 1.29 is 8.94 Å². The lowest BCUT2D eigenvalue weighted by atomic mass is 10.2. The molecule has 0 saturated carbocycles. The van der Waals surface area contributed by atoms with Crippen LogP contribution in [-0.4, -0.2) is 15.5 Å². The van der Waals surface area contributed by atoms with Gasteiger partial charge in [0.15, 0.2) is 0 Å². The van der Waals surface area contributed by atoms with Crippen LogP contribution in [0.15, 0.2) is 22.6 Å². The molecule has 2 nitrogen and oxygen atoms in total. The van der Waals surface area contributed by atoms with E-state index in [4.69, 9.17) is 11.6 Å². The minimum absolute atomic E-state index is 0.168. The summed E-state index contributed by atoms with van der Waals surface area (Å²) in [5.41, 5.74) is 0.168. The van der Waals surface area contributed by atoms with Crippen LogP contribution in [0.4, 0.5) is 4.39 Å². The van der Waals surface area contributed by atoms with Gasteiger partial charge in [0.1, 0.15) is 21.9 Å². The molecule has 0 spiro atoms. The third-order valence-electron chi connectivity index (χ3n) is 1.80. The molecular weight excluding hydrogens is 249 g/mol. The highest BCUT2D eigenvalue weighted by Crippen LogP contribution is 2.20. The Bertz CT molecular complexity index is 383. The molecule has 0 amide bonds.